The Labute approximate surface area is 116 Å². The molecule has 3 heteroatoms. The second kappa shape index (κ2) is 6.92. The molecule has 0 fully saturated rings. The lowest BCUT2D eigenvalue weighted by Gasteiger charge is -2.15. The van der Waals surface area contributed by atoms with Crippen LogP contribution in [-0.2, 0) is 11.2 Å². The first-order valence-electron chi connectivity index (χ1n) is 7.22. The molecule has 0 bridgehead atoms. The molecule has 1 atom stereocenters. The Hall–Kier alpha value is -1.06. The average molecular weight is 263 g/mol. The van der Waals surface area contributed by atoms with E-state index in [0.717, 1.165) is 25.3 Å². The monoisotopic (exact) mass is 263 g/mol. The molecule has 1 unspecified atom stereocenters. The predicted molar refractivity (Wildman–Crippen MR) is 77.8 cm³/mol. The van der Waals surface area contributed by atoms with Crippen LogP contribution in [0.1, 0.15) is 43.9 Å². The van der Waals surface area contributed by atoms with Gasteiger partial charge in [0.2, 0.25) is 0 Å². The third-order valence-corrected chi connectivity index (χ3v) is 3.59. The lowest BCUT2D eigenvalue weighted by Crippen LogP contribution is -2.22. The first kappa shape index (κ1) is 14.4. The molecule has 0 heterocycles. The molecule has 0 spiro atoms. The molecule has 0 radical (unpaired) electrons. The highest BCUT2D eigenvalue weighted by molar-refractivity contribution is 5.40. The molecular weight excluding hydrogens is 238 g/mol. The van der Waals surface area contributed by atoms with Crippen LogP contribution >= 0.6 is 0 Å². The van der Waals surface area contributed by atoms with Gasteiger partial charge < -0.3 is 14.8 Å². The zero-order chi connectivity index (χ0) is 13.7. The van der Waals surface area contributed by atoms with E-state index in [-0.39, 0.29) is 0 Å². The van der Waals surface area contributed by atoms with Gasteiger partial charge in [-0.3, -0.25) is 0 Å². The maximum Gasteiger partial charge on any atom is 0.119 e. The lowest BCUT2D eigenvalue weighted by atomic mass is 10.1. The first-order valence-corrected chi connectivity index (χ1v) is 7.22. The van der Waals surface area contributed by atoms with Crippen LogP contribution in [0.15, 0.2) is 18.2 Å². The summed E-state index contributed by atoms with van der Waals surface area (Å²) in [7, 11) is 1.72. The lowest BCUT2D eigenvalue weighted by molar-refractivity contribution is 0.0767. The zero-order valence-corrected chi connectivity index (χ0v) is 12.2. The van der Waals surface area contributed by atoms with Gasteiger partial charge in [0.15, 0.2) is 0 Å². The van der Waals surface area contributed by atoms with Gasteiger partial charge in [-0.1, -0.05) is 6.07 Å². The van der Waals surface area contributed by atoms with E-state index in [1.54, 1.807) is 7.11 Å². The Morgan fingerprint density at radius 3 is 2.95 bits per heavy atom. The van der Waals surface area contributed by atoms with Crippen LogP contribution in [0.2, 0.25) is 0 Å². The highest BCUT2D eigenvalue weighted by atomic mass is 16.5. The quantitative estimate of drug-likeness (QED) is 0.767. The van der Waals surface area contributed by atoms with Crippen molar-refractivity contribution in [1.82, 2.24) is 5.32 Å². The maximum atomic E-state index is 5.55. The number of fused-ring (bicyclic) bond motifs is 1. The minimum Gasteiger partial charge on any atom is -0.497 e. The molecule has 1 aromatic carbocycles. The van der Waals surface area contributed by atoms with Crippen LogP contribution in [0.25, 0.3) is 0 Å². The third kappa shape index (κ3) is 3.95. The van der Waals surface area contributed by atoms with Crippen LogP contribution in [-0.4, -0.2) is 26.4 Å². The van der Waals surface area contributed by atoms with Crippen molar-refractivity contribution in [3.8, 4) is 5.75 Å². The van der Waals surface area contributed by atoms with Gasteiger partial charge >= 0.3 is 0 Å². The molecule has 1 aliphatic carbocycles. The van der Waals surface area contributed by atoms with Gasteiger partial charge in [-0.05, 0) is 62.9 Å². The fraction of sp³-hybridized carbons (Fsp3) is 0.625. The van der Waals surface area contributed by atoms with Crippen LogP contribution in [0.4, 0.5) is 0 Å². The number of ether oxygens (including phenoxy) is 2. The first-order chi connectivity index (χ1) is 9.20. The van der Waals surface area contributed by atoms with E-state index in [1.165, 1.54) is 24.0 Å². The Morgan fingerprint density at radius 2 is 2.21 bits per heavy atom. The standard InChI is InChI=1S/C16H25NO2/c1-12(2)19-10-4-9-17-16-8-6-13-5-7-14(18-3)11-15(13)16/h5,7,11-12,16-17H,4,6,8-10H2,1-3H3. The molecule has 0 aromatic heterocycles. The van der Waals surface area contributed by atoms with Gasteiger partial charge in [0, 0.05) is 12.6 Å². The summed E-state index contributed by atoms with van der Waals surface area (Å²) in [5.41, 5.74) is 2.86. The normalized spacial score (nSPS) is 17.8. The van der Waals surface area contributed by atoms with E-state index in [4.69, 9.17) is 9.47 Å². The zero-order valence-electron chi connectivity index (χ0n) is 12.2. The second-order valence-electron chi connectivity index (χ2n) is 5.38. The van der Waals surface area contributed by atoms with Crippen LogP contribution in [0.5, 0.6) is 5.75 Å². The SMILES string of the molecule is COc1ccc2c(c1)C(NCCCOC(C)C)CC2. The molecule has 0 saturated carbocycles. The summed E-state index contributed by atoms with van der Waals surface area (Å²) in [6.45, 7) is 6.00. The largest absolute Gasteiger partial charge is 0.497 e. The smallest absolute Gasteiger partial charge is 0.119 e. The maximum absolute atomic E-state index is 5.55. The molecule has 0 aliphatic heterocycles. The van der Waals surface area contributed by atoms with Crippen molar-refractivity contribution in [3.63, 3.8) is 0 Å². The topological polar surface area (TPSA) is 30.5 Å². The molecule has 1 N–H and O–H groups in total. The van der Waals surface area contributed by atoms with Gasteiger partial charge in [-0.15, -0.1) is 0 Å². The van der Waals surface area contributed by atoms with E-state index in [2.05, 4.69) is 37.4 Å². The van der Waals surface area contributed by atoms with Crippen LogP contribution < -0.4 is 10.1 Å². The van der Waals surface area contributed by atoms with E-state index in [0.29, 0.717) is 12.1 Å². The van der Waals surface area contributed by atoms with Crippen LogP contribution in [0, 0.1) is 0 Å². The second-order valence-corrected chi connectivity index (χ2v) is 5.38. The minimum absolute atomic E-state index is 0.330. The summed E-state index contributed by atoms with van der Waals surface area (Å²) in [6.07, 6.45) is 3.75. The van der Waals surface area contributed by atoms with Gasteiger partial charge in [0.05, 0.1) is 13.2 Å². The summed E-state index contributed by atoms with van der Waals surface area (Å²) in [4.78, 5) is 0. The van der Waals surface area contributed by atoms with Crippen molar-refractivity contribution in [2.75, 3.05) is 20.3 Å². The summed E-state index contributed by atoms with van der Waals surface area (Å²) >= 11 is 0. The molecular formula is C16H25NO2. The summed E-state index contributed by atoms with van der Waals surface area (Å²) in [5, 5.41) is 3.63. The number of hydrogen-bond donors (Lipinski definition) is 1. The molecule has 0 saturated heterocycles. The Kier molecular flexibility index (Phi) is 5.23. The number of aryl methyl sites for hydroxylation is 1. The van der Waals surface area contributed by atoms with Gasteiger partial charge in [0.25, 0.3) is 0 Å². The van der Waals surface area contributed by atoms with Crippen molar-refractivity contribution in [3.05, 3.63) is 29.3 Å². The van der Waals surface area contributed by atoms with E-state index < -0.39 is 0 Å². The van der Waals surface area contributed by atoms with Gasteiger partial charge in [-0.2, -0.15) is 0 Å². The molecule has 1 aromatic rings. The summed E-state index contributed by atoms with van der Waals surface area (Å²) in [6, 6.07) is 6.89. The number of hydrogen-bond acceptors (Lipinski definition) is 3. The van der Waals surface area contributed by atoms with Crippen molar-refractivity contribution in [2.24, 2.45) is 0 Å². The minimum atomic E-state index is 0.330. The fourth-order valence-corrected chi connectivity index (χ4v) is 2.59. The third-order valence-electron chi connectivity index (χ3n) is 3.59. The average Bonchev–Trinajstić information content (AvgIpc) is 2.80. The Balaban J connectivity index is 1.81. The van der Waals surface area contributed by atoms with Crippen molar-refractivity contribution >= 4 is 0 Å². The highest BCUT2D eigenvalue weighted by Gasteiger charge is 2.22. The molecule has 19 heavy (non-hydrogen) atoms. The van der Waals surface area contributed by atoms with E-state index in [1.807, 2.05) is 0 Å². The molecule has 2 rings (SSSR count). The predicted octanol–water partition coefficient (Wildman–Crippen LogP) is 3.09. The summed E-state index contributed by atoms with van der Waals surface area (Å²) in [5.74, 6) is 0.954. The molecule has 0 amide bonds. The number of methoxy groups -OCH3 is 1. The van der Waals surface area contributed by atoms with Crippen molar-refractivity contribution in [1.29, 1.82) is 0 Å². The fourth-order valence-electron chi connectivity index (χ4n) is 2.59. The number of nitrogens with one attached hydrogen (secondary N) is 1. The van der Waals surface area contributed by atoms with E-state index >= 15 is 0 Å². The van der Waals surface area contributed by atoms with Crippen LogP contribution in [0.3, 0.4) is 0 Å². The number of rotatable bonds is 7. The molecule has 106 valence electrons. The summed E-state index contributed by atoms with van der Waals surface area (Å²) < 4.78 is 10.9. The Bertz CT molecular complexity index is 404. The van der Waals surface area contributed by atoms with Gasteiger partial charge in [0.1, 0.15) is 5.75 Å². The van der Waals surface area contributed by atoms with Gasteiger partial charge in [-0.25, -0.2) is 0 Å². The van der Waals surface area contributed by atoms with Crippen molar-refractivity contribution < 1.29 is 9.47 Å². The van der Waals surface area contributed by atoms with E-state index in [9.17, 15) is 0 Å². The molecule has 1 aliphatic rings. The van der Waals surface area contributed by atoms with Crippen molar-refractivity contribution in [2.45, 2.75) is 45.3 Å². The Morgan fingerprint density at radius 1 is 1.37 bits per heavy atom. The number of benzene rings is 1. The molecule has 3 nitrogen and oxygen atoms in total. The highest BCUT2D eigenvalue weighted by Crippen LogP contribution is 2.33.